The van der Waals surface area contributed by atoms with Gasteiger partial charge in [0.2, 0.25) is 0 Å². The summed E-state index contributed by atoms with van der Waals surface area (Å²) in [4.78, 5) is 13.9. The van der Waals surface area contributed by atoms with E-state index in [-0.39, 0.29) is 0 Å². The number of nitrogen functional groups attached to an aromatic ring is 1. The zero-order chi connectivity index (χ0) is 9.68. The fraction of sp³-hybridized carbons (Fsp3) is 0.111. The first kappa shape index (κ1) is 9.74. The van der Waals surface area contributed by atoms with E-state index >= 15 is 0 Å². The van der Waals surface area contributed by atoms with E-state index in [9.17, 15) is 4.79 Å². The lowest BCUT2D eigenvalue weighted by Gasteiger charge is -1.97. The summed E-state index contributed by atoms with van der Waals surface area (Å²) in [5, 5.41) is 0.537. The predicted octanol–water partition coefficient (Wildman–Crippen LogP) is 1.92. The molecule has 0 fully saturated rings. The average molecular weight is 197 g/mol. The highest BCUT2D eigenvalue weighted by Crippen LogP contribution is 2.18. The molecule has 68 valence electrons. The molecule has 0 aliphatic carbocycles. The summed E-state index contributed by atoms with van der Waals surface area (Å²) < 4.78 is 0. The van der Waals surface area contributed by atoms with Crippen LogP contribution in [-0.2, 0) is 4.79 Å². The number of carbonyl (C=O) groups excluding carboxylic acids is 1. The first-order chi connectivity index (χ1) is 6.24. The van der Waals surface area contributed by atoms with Crippen LogP contribution in [0.1, 0.15) is 12.0 Å². The van der Waals surface area contributed by atoms with Crippen LogP contribution in [0.5, 0.6) is 0 Å². The normalized spacial score (nSPS) is 10.5. The molecular weight excluding hydrogens is 188 g/mol. The van der Waals surface area contributed by atoms with Gasteiger partial charge in [0.1, 0.15) is 12.1 Å². The van der Waals surface area contributed by atoms with Crippen molar-refractivity contribution in [2.45, 2.75) is 6.42 Å². The van der Waals surface area contributed by atoms with Crippen LogP contribution >= 0.6 is 11.6 Å². The highest BCUT2D eigenvalue weighted by Gasteiger charge is 1.96. The second kappa shape index (κ2) is 4.62. The minimum atomic E-state index is 0.376. The molecule has 1 heterocycles. The number of pyridine rings is 1. The highest BCUT2D eigenvalue weighted by molar-refractivity contribution is 6.32. The lowest BCUT2D eigenvalue weighted by molar-refractivity contribution is -0.107. The molecule has 1 aromatic heterocycles. The third-order valence-electron chi connectivity index (χ3n) is 1.43. The molecule has 1 aromatic rings. The smallest absolute Gasteiger partial charge is 0.124 e. The minimum absolute atomic E-state index is 0.376. The molecule has 0 bridgehead atoms. The van der Waals surface area contributed by atoms with Crippen LogP contribution in [0.15, 0.2) is 18.3 Å². The van der Waals surface area contributed by atoms with Crippen molar-refractivity contribution >= 4 is 29.8 Å². The Labute approximate surface area is 81.2 Å². The minimum Gasteiger partial charge on any atom is -0.384 e. The summed E-state index contributed by atoms with van der Waals surface area (Å²) >= 11 is 5.85. The monoisotopic (exact) mass is 196 g/mol. The number of aldehydes is 1. The maximum atomic E-state index is 10.0. The first-order valence-corrected chi connectivity index (χ1v) is 4.13. The number of allylic oxidation sites excluding steroid dienone is 1. The molecule has 2 N–H and O–H groups in total. The molecule has 0 radical (unpaired) electrons. The molecule has 0 spiro atoms. The van der Waals surface area contributed by atoms with Crippen LogP contribution < -0.4 is 5.73 Å². The van der Waals surface area contributed by atoms with Gasteiger partial charge >= 0.3 is 0 Å². The van der Waals surface area contributed by atoms with Crippen molar-refractivity contribution in [1.29, 1.82) is 0 Å². The Balaban J connectivity index is 2.83. The molecule has 0 aliphatic rings. The van der Waals surface area contributed by atoms with Crippen molar-refractivity contribution in [3.05, 3.63) is 28.9 Å². The third-order valence-corrected chi connectivity index (χ3v) is 1.76. The Hall–Kier alpha value is -1.35. The lowest BCUT2D eigenvalue weighted by atomic mass is 10.2. The first-order valence-electron chi connectivity index (χ1n) is 3.75. The van der Waals surface area contributed by atoms with Gasteiger partial charge < -0.3 is 10.5 Å². The van der Waals surface area contributed by atoms with Crippen molar-refractivity contribution in [3.63, 3.8) is 0 Å². The number of nitrogens with zero attached hydrogens (tertiary/aromatic N) is 1. The number of aromatic nitrogens is 1. The van der Waals surface area contributed by atoms with Gasteiger partial charge in [0.25, 0.3) is 0 Å². The largest absolute Gasteiger partial charge is 0.384 e. The lowest BCUT2D eigenvalue weighted by Crippen LogP contribution is -1.89. The van der Waals surface area contributed by atoms with Crippen molar-refractivity contribution < 1.29 is 4.79 Å². The number of nitrogens with two attached hydrogens (primary N) is 1. The van der Waals surface area contributed by atoms with E-state index in [1.54, 1.807) is 24.4 Å². The Morgan fingerprint density at radius 3 is 3.00 bits per heavy atom. The maximum Gasteiger partial charge on any atom is 0.124 e. The molecule has 0 saturated carbocycles. The summed E-state index contributed by atoms with van der Waals surface area (Å²) in [7, 11) is 0. The molecule has 0 aliphatic heterocycles. The zero-order valence-corrected chi connectivity index (χ0v) is 7.66. The highest BCUT2D eigenvalue weighted by atomic mass is 35.5. The van der Waals surface area contributed by atoms with E-state index in [4.69, 9.17) is 17.3 Å². The molecule has 0 atom stereocenters. The number of anilines is 1. The van der Waals surface area contributed by atoms with Crippen LogP contribution in [0.3, 0.4) is 0 Å². The average Bonchev–Trinajstić information content (AvgIpc) is 2.09. The standard InChI is InChI=1S/C9H9ClN2O/c10-8-5-9(11)12-6-7(8)3-1-2-4-13/h1,3-6H,2H2,(H2,11,12). The van der Waals surface area contributed by atoms with Crippen LogP contribution in [0, 0.1) is 0 Å². The molecule has 4 heteroatoms. The van der Waals surface area contributed by atoms with Crippen LogP contribution in [0.2, 0.25) is 5.02 Å². The quantitative estimate of drug-likeness (QED) is 0.752. The van der Waals surface area contributed by atoms with Crippen molar-refractivity contribution in [2.75, 3.05) is 5.73 Å². The van der Waals surface area contributed by atoms with Gasteiger partial charge in [-0.15, -0.1) is 0 Å². The van der Waals surface area contributed by atoms with E-state index in [1.165, 1.54) is 0 Å². The molecule has 13 heavy (non-hydrogen) atoms. The molecular formula is C9H9ClN2O. The Morgan fingerprint density at radius 2 is 2.38 bits per heavy atom. The van der Waals surface area contributed by atoms with Gasteiger partial charge in [-0.3, -0.25) is 0 Å². The van der Waals surface area contributed by atoms with Gasteiger partial charge in [-0.25, -0.2) is 4.98 Å². The van der Waals surface area contributed by atoms with Crippen LogP contribution in [0.25, 0.3) is 6.08 Å². The van der Waals surface area contributed by atoms with Crippen LogP contribution in [0.4, 0.5) is 5.82 Å². The van der Waals surface area contributed by atoms with Crippen molar-refractivity contribution in [3.8, 4) is 0 Å². The molecule has 1 rings (SSSR count). The van der Waals surface area contributed by atoms with Gasteiger partial charge in [-0.2, -0.15) is 0 Å². The van der Waals surface area contributed by atoms with Crippen LogP contribution in [-0.4, -0.2) is 11.3 Å². The summed E-state index contributed by atoms with van der Waals surface area (Å²) in [6, 6.07) is 1.57. The fourth-order valence-corrected chi connectivity index (χ4v) is 1.05. The Morgan fingerprint density at radius 1 is 1.62 bits per heavy atom. The SMILES string of the molecule is Nc1cc(Cl)c(C=CCC=O)cn1. The summed E-state index contributed by atoms with van der Waals surface area (Å²) in [6.45, 7) is 0. The van der Waals surface area contributed by atoms with E-state index in [1.807, 2.05) is 0 Å². The molecule has 3 nitrogen and oxygen atoms in total. The Bertz CT molecular complexity index is 336. The Kier molecular flexibility index (Phi) is 3.46. The summed E-state index contributed by atoms with van der Waals surface area (Å²) in [5.41, 5.74) is 6.17. The van der Waals surface area contributed by atoms with Gasteiger partial charge in [0, 0.05) is 18.2 Å². The van der Waals surface area contributed by atoms with Crippen molar-refractivity contribution in [1.82, 2.24) is 4.98 Å². The van der Waals surface area contributed by atoms with Gasteiger partial charge in [-0.1, -0.05) is 23.8 Å². The van der Waals surface area contributed by atoms with Gasteiger partial charge in [0.15, 0.2) is 0 Å². The topological polar surface area (TPSA) is 56.0 Å². The predicted molar refractivity (Wildman–Crippen MR) is 53.4 cm³/mol. The van der Waals surface area contributed by atoms with E-state index in [0.717, 1.165) is 11.8 Å². The summed E-state index contributed by atoms with van der Waals surface area (Å²) in [5.74, 6) is 0.387. The number of carbonyl (C=O) groups is 1. The van der Waals surface area contributed by atoms with Gasteiger partial charge in [0.05, 0.1) is 5.02 Å². The number of hydrogen-bond acceptors (Lipinski definition) is 3. The second-order valence-electron chi connectivity index (χ2n) is 2.44. The fourth-order valence-electron chi connectivity index (χ4n) is 0.829. The molecule has 0 unspecified atom stereocenters. The van der Waals surface area contributed by atoms with Crippen molar-refractivity contribution in [2.24, 2.45) is 0 Å². The van der Waals surface area contributed by atoms with E-state index < -0.39 is 0 Å². The number of rotatable bonds is 3. The molecule has 0 amide bonds. The zero-order valence-electron chi connectivity index (χ0n) is 6.90. The van der Waals surface area contributed by atoms with E-state index in [0.29, 0.717) is 17.3 Å². The third kappa shape index (κ3) is 2.87. The summed E-state index contributed by atoms with van der Waals surface area (Å²) in [6.07, 6.45) is 6.21. The number of halogens is 1. The number of hydrogen-bond donors (Lipinski definition) is 1. The maximum absolute atomic E-state index is 10.0. The molecule has 0 aromatic carbocycles. The second-order valence-corrected chi connectivity index (χ2v) is 2.84. The van der Waals surface area contributed by atoms with E-state index in [2.05, 4.69) is 4.98 Å². The van der Waals surface area contributed by atoms with Gasteiger partial charge in [-0.05, 0) is 6.07 Å². The molecule has 0 saturated heterocycles.